The second-order valence-electron chi connectivity index (χ2n) is 32.8. The van der Waals surface area contributed by atoms with Gasteiger partial charge >= 0.3 is 0 Å². The second-order valence-corrected chi connectivity index (χ2v) is 32.8. The highest BCUT2D eigenvalue weighted by molar-refractivity contribution is 6.08. The summed E-state index contributed by atoms with van der Waals surface area (Å²) in [7, 11) is 3.90. The van der Waals surface area contributed by atoms with Gasteiger partial charge in [-0.25, -0.2) is 9.97 Å². The van der Waals surface area contributed by atoms with Crippen molar-refractivity contribution in [1.82, 2.24) is 49.0 Å². The van der Waals surface area contributed by atoms with Crippen LogP contribution in [0.1, 0.15) is 108 Å². The first-order valence-electron chi connectivity index (χ1n) is 43.7. The second kappa shape index (κ2) is 40.1. The first-order chi connectivity index (χ1) is 65.1. The number of aryl methyl sites for hydroxylation is 10. The Kier molecular flexibility index (Phi) is 26.5. The number of anilines is 4. The molecule has 2 aliphatic carbocycles. The first kappa shape index (κ1) is 88.6. The molecule has 0 unspecified atom stereocenters. The smallest absolute Gasteiger partial charge is 0.256 e. The van der Waals surface area contributed by atoms with Crippen molar-refractivity contribution < 1.29 is 38.1 Å². The number of nitrogens with one attached hydrogen (secondary N) is 4. The van der Waals surface area contributed by atoms with Gasteiger partial charge in [-0.3, -0.25) is 49.1 Å². The summed E-state index contributed by atoms with van der Waals surface area (Å²) in [6.07, 6.45) is 27.7. The zero-order valence-corrected chi connectivity index (χ0v) is 75.5. The fourth-order valence-electron chi connectivity index (χ4n) is 15.6. The van der Waals surface area contributed by atoms with Crippen LogP contribution < -0.4 is 40.2 Å². The van der Waals surface area contributed by atoms with Crippen LogP contribution in [0.15, 0.2) is 329 Å². The number of allylic oxidation sites excluding steroid dienone is 2. The summed E-state index contributed by atoms with van der Waals surface area (Å²) in [6, 6.07) is 80.3. The zero-order valence-electron chi connectivity index (χ0n) is 75.5. The Morgan fingerprint density at radius 1 is 0.299 bits per heavy atom. The number of benzene rings is 8. The van der Waals surface area contributed by atoms with Crippen molar-refractivity contribution in [2.24, 2.45) is 14.1 Å². The largest absolute Gasteiger partial charge is 0.457 e. The average Bonchev–Trinajstić information content (AvgIpc) is 1.62. The third kappa shape index (κ3) is 21.1. The maximum Gasteiger partial charge on any atom is 0.256 e. The number of hydrogen-bond acceptors (Lipinski definition) is 16. The van der Waals surface area contributed by atoms with Crippen molar-refractivity contribution in [1.29, 1.82) is 0 Å². The van der Waals surface area contributed by atoms with Crippen molar-refractivity contribution in [3.05, 3.63) is 418 Å². The Hall–Kier alpha value is -17.4. The van der Waals surface area contributed by atoms with Gasteiger partial charge in [-0.1, -0.05) is 97.1 Å². The molecule has 0 aliphatic heterocycles. The van der Waals surface area contributed by atoms with Crippen LogP contribution in [-0.2, 0) is 26.9 Å². The van der Waals surface area contributed by atoms with E-state index in [0.717, 1.165) is 175 Å². The normalized spacial score (nSPS) is 11.4. The molecule has 4 N–H and O–H groups in total. The van der Waals surface area contributed by atoms with Crippen molar-refractivity contribution in [2.45, 2.75) is 68.2 Å². The molecule has 0 saturated heterocycles. The molecular formula is C112H94N14O8. The molecule has 22 heteroatoms. The molecule has 660 valence electrons. The van der Waals surface area contributed by atoms with E-state index in [9.17, 15) is 19.2 Å². The lowest BCUT2D eigenvalue weighted by atomic mass is 10.1. The first-order valence-corrected chi connectivity index (χ1v) is 43.7. The average molecular weight is 1760 g/mol. The minimum absolute atomic E-state index is 0.166. The number of pyridine rings is 8. The monoisotopic (exact) mass is 1760 g/mol. The minimum atomic E-state index is -0.177. The van der Waals surface area contributed by atoms with Gasteiger partial charge in [-0.05, 0) is 258 Å². The number of ether oxygens (including phenoxy) is 4. The van der Waals surface area contributed by atoms with E-state index in [2.05, 4.69) is 53.4 Å². The van der Waals surface area contributed by atoms with Gasteiger partial charge in [0.15, 0.2) is 0 Å². The molecule has 0 saturated carbocycles. The lowest BCUT2D eigenvalue weighted by Gasteiger charge is -2.14. The fraction of sp³-hybridized carbons (Fsp3) is 0.107. The Morgan fingerprint density at radius 2 is 0.604 bits per heavy atom. The van der Waals surface area contributed by atoms with Crippen LogP contribution >= 0.6 is 0 Å². The summed E-state index contributed by atoms with van der Waals surface area (Å²) >= 11 is 0. The van der Waals surface area contributed by atoms with Gasteiger partial charge in [0.2, 0.25) is 0 Å². The number of nitrogens with zero attached hydrogens (tertiary/aromatic N) is 10. The molecule has 0 radical (unpaired) electrons. The van der Waals surface area contributed by atoms with Crippen LogP contribution in [0.25, 0.3) is 79.2 Å². The van der Waals surface area contributed by atoms with Gasteiger partial charge < -0.3 is 49.3 Å². The van der Waals surface area contributed by atoms with E-state index in [-0.39, 0.29) is 23.6 Å². The number of hydrogen-bond donors (Lipinski definition) is 4. The third-order valence-corrected chi connectivity index (χ3v) is 22.7. The number of carbonyl (C=O) groups excluding carboxylic acids is 4. The Balaban J connectivity index is 0.000000124. The van der Waals surface area contributed by atoms with Crippen molar-refractivity contribution in [3.63, 3.8) is 0 Å². The Morgan fingerprint density at radius 3 is 0.925 bits per heavy atom. The van der Waals surface area contributed by atoms with E-state index < -0.39 is 0 Å². The van der Waals surface area contributed by atoms with Crippen LogP contribution in [0.5, 0.6) is 46.0 Å². The summed E-state index contributed by atoms with van der Waals surface area (Å²) < 4.78 is 29.2. The van der Waals surface area contributed by atoms with Gasteiger partial charge in [0.05, 0.1) is 44.9 Å². The highest BCUT2D eigenvalue weighted by atomic mass is 16.5. The maximum atomic E-state index is 13.0. The van der Waals surface area contributed by atoms with E-state index in [1.807, 2.05) is 334 Å². The molecular weight excluding hydrogens is 1670 g/mol. The highest BCUT2D eigenvalue weighted by Crippen LogP contribution is 2.41. The number of carbonyl (C=O) groups is 4. The van der Waals surface area contributed by atoms with Crippen LogP contribution in [0.3, 0.4) is 0 Å². The SMILES string of the molecule is Cc1cccc(NC(=O)c2cc(Oc3cc(-c4cccnc4)nc4c3C=CC4)ccc2C)c1.Cc1cccc(NC(=O)c2cc(Oc3cc(-c4cccnc4)nc4c3ccn4C)ccc2C)c1.Cc1cccc(NC(=O)c2cc(Oc3cc(-c4ccncc4)nc4c3C=CC4)ccc2C)c1.Cc1cccc(NC(=O)c2cc(Oc3cc(-c4ccncc4)nc4c3ccn4C)ccc2C)c1. The van der Waals surface area contributed by atoms with E-state index in [0.29, 0.717) is 62.5 Å². The van der Waals surface area contributed by atoms with Crippen molar-refractivity contribution in [3.8, 4) is 91.0 Å². The van der Waals surface area contributed by atoms with Crippen LogP contribution in [-0.4, -0.2) is 72.6 Å². The molecule has 10 heterocycles. The number of fused-ring (bicyclic) bond motifs is 4. The molecule has 134 heavy (non-hydrogen) atoms. The molecule has 0 fully saturated rings. The van der Waals surface area contributed by atoms with Crippen LogP contribution in [0.2, 0.25) is 0 Å². The summed E-state index contributed by atoms with van der Waals surface area (Å²) in [4.78, 5) is 87.8. The van der Waals surface area contributed by atoms with Crippen LogP contribution in [0.4, 0.5) is 22.7 Å². The molecule has 0 bridgehead atoms. The Bertz CT molecular complexity index is 7100. The lowest BCUT2D eigenvalue weighted by molar-refractivity contribution is 0.101. The van der Waals surface area contributed by atoms with Gasteiger partial charge in [0.1, 0.15) is 57.3 Å². The molecule has 18 aromatic rings. The van der Waals surface area contributed by atoms with Gasteiger partial charge in [-0.15, -0.1) is 0 Å². The fourth-order valence-corrected chi connectivity index (χ4v) is 15.6. The number of amides is 4. The molecule has 8 aromatic carbocycles. The molecule has 2 aliphatic rings. The quantitative estimate of drug-likeness (QED) is 0.0552. The Labute approximate surface area is 775 Å². The van der Waals surface area contributed by atoms with E-state index >= 15 is 0 Å². The van der Waals surface area contributed by atoms with Gasteiger partial charge in [0, 0.05) is 192 Å². The van der Waals surface area contributed by atoms with Crippen molar-refractivity contribution >= 4 is 80.6 Å². The molecule has 22 nitrogen and oxygen atoms in total. The van der Waals surface area contributed by atoms with E-state index in [4.69, 9.17) is 38.9 Å². The molecule has 0 spiro atoms. The molecule has 4 amide bonds. The van der Waals surface area contributed by atoms with Crippen LogP contribution in [0, 0.1) is 55.4 Å². The predicted molar refractivity (Wildman–Crippen MR) is 530 cm³/mol. The van der Waals surface area contributed by atoms with E-state index in [1.54, 1.807) is 73.8 Å². The van der Waals surface area contributed by atoms with Gasteiger partial charge in [0.25, 0.3) is 23.6 Å². The lowest BCUT2D eigenvalue weighted by Crippen LogP contribution is -2.13. The summed E-state index contributed by atoms with van der Waals surface area (Å²) in [5, 5.41) is 13.7. The summed E-state index contributed by atoms with van der Waals surface area (Å²) in [5.74, 6) is 4.44. The third-order valence-electron chi connectivity index (χ3n) is 22.7. The molecule has 10 aromatic heterocycles. The topological polar surface area (TPSA) is 266 Å². The zero-order chi connectivity index (χ0) is 92.9. The van der Waals surface area contributed by atoms with Crippen molar-refractivity contribution in [2.75, 3.05) is 21.3 Å². The number of aromatic nitrogens is 10. The highest BCUT2D eigenvalue weighted by Gasteiger charge is 2.24. The number of rotatable bonds is 20. The van der Waals surface area contributed by atoms with Gasteiger partial charge in [-0.2, -0.15) is 0 Å². The predicted octanol–water partition coefficient (Wildman–Crippen LogP) is 25.3. The molecule has 20 rings (SSSR count). The minimum Gasteiger partial charge on any atom is -0.457 e. The summed E-state index contributed by atoms with van der Waals surface area (Å²) in [5.41, 5.74) is 25.6. The summed E-state index contributed by atoms with van der Waals surface area (Å²) in [6.45, 7) is 15.7. The maximum absolute atomic E-state index is 13.0. The van der Waals surface area contributed by atoms with E-state index in [1.165, 1.54) is 0 Å². The standard InChI is InChI=1S/2C28H24N4O2.2C28H23N3O2/c1-18-6-4-8-21(14-18)30-28(33)24-15-22(10-9-19(24)2)34-26-16-25(20-7-5-12-29-17-20)31-27-23(26)11-13-32(27)3;1-18-5-4-6-21(15-18)30-28(33)24-16-22(8-7-19(24)2)34-26-17-25(20-9-12-29-13-10-20)31-27-23(26)11-14-32(27)3;1-18-6-3-8-21(14-18)30-28(32)24-15-22(12-11-19(24)2)33-27-16-26(20-7-5-13-29-17-20)31-25-10-4-9-23(25)27;1-18-5-3-6-21(15-18)30-28(32)24-16-22(10-9-19(24)2)33-27-17-26(20-11-13-29-14-12-20)31-25-8-4-7-23(25)27/h2*4-17H,1-3H3,(H,30,33);3-9,11-17H,10H2,1-2H3,(H,30,32);3-7,9-17H,8H2,1-2H3,(H,30,32). The molecule has 0 atom stereocenters.